The molecule has 2 heterocycles. The molecular formula is C13H22N2O2. The predicted octanol–water partition coefficient (Wildman–Crippen LogP) is 2.24. The molecule has 0 amide bonds. The molecule has 96 valence electrons. The van der Waals surface area contributed by atoms with Crippen LogP contribution in [0, 0.1) is 5.41 Å². The Morgan fingerprint density at radius 1 is 1.47 bits per heavy atom. The van der Waals surface area contributed by atoms with Gasteiger partial charge in [-0.2, -0.15) is 5.16 Å². The van der Waals surface area contributed by atoms with Gasteiger partial charge in [0.25, 0.3) is 5.56 Å². The topological polar surface area (TPSA) is 58.0 Å². The van der Waals surface area contributed by atoms with Gasteiger partial charge in [-0.15, -0.1) is 0 Å². The van der Waals surface area contributed by atoms with Crippen LogP contribution in [0.2, 0.25) is 0 Å². The number of hydrogen-bond acceptors (Lipinski definition) is 3. The van der Waals surface area contributed by atoms with Gasteiger partial charge in [0, 0.05) is 18.0 Å². The smallest absolute Gasteiger partial charge is 0.280 e. The van der Waals surface area contributed by atoms with E-state index in [2.05, 4.69) is 31.2 Å². The summed E-state index contributed by atoms with van der Waals surface area (Å²) in [7, 11) is 0. The highest BCUT2D eigenvalue weighted by Crippen LogP contribution is 2.31. The lowest BCUT2D eigenvalue weighted by molar-refractivity contribution is 0.239. The molecule has 1 aliphatic heterocycles. The Hall–Kier alpha value is -1.03. The minimum Gasteiger partial charge on any atom is -0.383 e. The van der Waals surface area contributed by atoms with Crippen LogP contribution >= 0.6 is 0 Å². The van der Waals surface area contributed by atoms with Gasteiger partial charge >= 0.3 is 0 Å². The van der Waals surface area contributed by atoms with E-state index in [-0.39, 0.29) is 5.56 Å². The fraction of sp³-hybridized carbons (Fsp3) is 0.769. The number of piperidine rings is 1. The van der Waals surface area contributed by atoms with Gasteiger partial charge in [-0.05, 0) is 31.2 Å². The molecule has 1 aromatic rings. The number of H-pyrrole nitrogens is 1. The largest absolute Gasteiger partial charge is 0.383 e. The summed E-state index contributed by atoms with van der Waals surface area (Å²) in [6.45, 7) is 7.78. The van der Waals surface area contributed by atoms with E-state index in [1.54, 1.807) is 6.07 Å². The Balaban J connectivity index is 2.00. The van der Waals surface area contributed by atoms with Crippen molar-refractivity contribution in [2.45, 2.75) is 52.0 Å². The van der Waals surface area contributed by atoms with Crippen molar-refractivity contribution >= 4 is 0 Å². The van der Waals surface area contributed by atoms with Crippen molar-refractivity contribution in [1.82, 2.24) is 10.5 Å². The lowest BCUT2D eigenvalue weighted by Crippen LogP contribution is -2.39. The first kappa shape index (κ1) is 12.4. The van der Waals surface area contributed by atoms with Crippen LogP contribution in [-0.2, 0) is 0 Å². The molecule has 0 bridgehead atoms. The predicted molar refractivity (Wildman–Crippen MR) is 67.2 cm³/mol. The quantitative estimate of drug-likeness (QED) is 0.830. The first-order valence-corrected chi connectivity index (χ1v) is 6.36. The fourth-order valence-corrected chi connectivity index (χ4v) is 2.66. The van der Waals surface area contributed by atoms with Crippen LogP contribution in [0.1, 0.15) is 51.7 Å². The van der Waals surface area contributed by atoms with E-state index in [9.17, 15) is 4.79 Å². The average molecular weight is 238 g/mol. The molecule has 0 aliphatic carbocycles. The highest BCUT2D eigenvalue weighted by molar-refractivity contribution is 5.05. The maximum Gasteiger partial charge on any atom is 0.280 e. The van der Waals surface area contributed by atoms with Gasteiger partial charge in [0.15, 0.2) is 0 Å². The zero-order valence-electron chi connectivity index (χ0n) is 10.9. The van der Waals surface area contributed by atoms with Gasteiger partial charge in [0.05, 0.1) is 0 Å². The van der Waals surface area contributed by atoms with Crippen LogP contribution in [0.3, 0.4) is 0 Å². The van der Waals surface area contributed by atoms with E-state index >= 15 is 0 Å². The zero-order chi connectivity index (χ0) is 12.5. The molecule has 1 saturated heterocycles. The number of aromatic nitrogens is 1. The molecule has 0 unspecified atom stereocenters. The lowest BCUT2D eigenvalue weighted by Gasteiger charge is -2.33. The van der Waals surface area contributed by atoms with Gasteiger partial charge in [-0.1, -0.05) is 20.8 Å². The Bertz CT molecular complexity index is 414. The second-order valence-electron chi connectivity index (χ2n) is 6.25. The molecule has 1 aromatic heterocycles. The number of aromatic amines is 1. The molecular weight excluding hydrogens is 216 g/mol. The molecule has 17 heavy (non-hydrogen) atoms. The summed E-state index contributed by atoms with van der Waals surface area (Å²) in [5.74, 6) is 1.19. The molecule has 0 saturated carbocycles. The monoisotopic (exact) mass is 238 g/mol. The summed E-state index contributed by atoms with van der Waals surface area (Å²) in [4.78, 5) is 11.1. The zero-order valence-corrected chi connectivity index (χ0v) is 10.9. The summed E-state index contributed by atoms with van der Waals surface area (Å²) in [6.07, 6.45) is 3.25. The Labute approximate surface area is 102 Å². The van der Waals surface area contributed by atoms with Crippen molar-refractivity contribution < 1.29 is 4.52 Å². The van der Waals surface area contributed by atoms with E-state index in [1.807, 2.05) is 0 Å². The maximum atomic E-state index is 11.1. The summed E-state index contributed by atoms with van der Waals surface area (Å²) in [6, 6.07) is 2.11. The molecule has 0 spiro atoms. The molecule has 2 N–H and O–H groups in total. The number of hydrogen-bond donors (Lipinski definition) is 2. The Kier molecular flexibility index (Phi) is 3.43. The third-order valence-corrected chi connectivity index (χ3v) is 3.30. The normalized spacial score (nSPS) is 26.1. The van der Waals surface area contributed by atoms with Crippen LogP contribution in [-0.4, -0.2) is 17.7 Å². The van der Waals surface area contributed by atoms with Gasteiger partial charge in [0.1, 0.15) is 5.76 Å². The minimum absolute atomic E-state index is 0.133. The lowest BCUT2D eigenvalue weighted by atomic mass is 9.81. The van der Waals surface area contributed by atoms with E-state index in [0.29, 0.717) is 17.4 Å². The molecule has 4 heteroatoms. The Morgan fingerprint density at radius 2 is 2.24 bits per heavy atom. The second kappa shape index (κ2) is 4.69. The summed E-state index contributed by atoms with van der Waals surface area (Å²) < 4.78 is 5.22. The molecule has 0 aromatic carbocycles. The van der Waals surface area contributed by atoms with E-state index in [1.165, 1.54) is 0 Å². The third-order valence-electron chi connectivity index (χ3n) is 3.30. The SMILES string of the molecule is CC(C)(C)C[C@@H]1C[C@@H](c2cc(=O)[nH]o2)CCN1. The highest BCUT2D eigenvalue weighted by Gasteiger charge is 2.28. The summed E-state index contributed by atoms with van der Waals surface area (Å²) in [5.41, 5.74) is 0.198. The number of nitrogens with one attached hydrogen (secondary N) is 2. The van der Waals surface area contributed by atoms with Crippen LogP contribution in [0.5, 0.6) is 0 Å². The van der Waals surface area contributed by atoms with Crippen molar-refractivity contribution in [3.05, 3.63) is 22.2 Å². The van der Waals surface area contributed by atoms with Gasteiger partial charge in [-0.3, -0.25) is 4.79 Å². The van der Waals surface area contributed by atoms with E-state index in [0.717, 1.165) is 31.6 Å². The third kappa shape index (κ3) is 3.46. The first-order valence-electron chi connectivity index (χ1n) is 6.36. The van der Waals surface area contributed by atoms with Gasteiger partial charge in [-0.25, -0.2) is 0 Å². The van der Waals surface area contributed by atoms with Crippen LogP contribution in [0.25, 0.3) is 0 Å². The molecule has 4 nitrogen and oxygen atoms in total. The molecule has 1 aliphatic rings. The van der Waals surface area contributed by atoms with Crippen molar-refractivity contribution in [1.29, 1.82) is 0 Å². The van der Waals surface area contributed by atoms with Gasteiger partial charge < -0.3 is 9.84 Å². The number of rotatable bonds is 2. The standard InChI is InChI=1S/C13H22N2O2/c1-13(2,3)8-10-6-9(4-5-14-10)11-7-12(16)15-17-11/h7,9-10,14H,4-6,8H2,1-3H3,(H,15,16)/t9-,10-/m0/s1. The Morgan fingerprint density at radius 3 is 2.82 bits per heavy atom. The van der Waals surface area contributed by atoms with Gasteiger partial charge in [0.2, 0.25) is 0 Å². The molecule has 1 fully saturated rings. The average Bonchev–Trinajstić information content (AvgIpc) is 2.63. The maximum absolute atomic E-state index is 11.1. The van der Waals surface area contributed by atoms with E-state index < -0.39 is 0 Å². The van der Waals surface area contributed by atoms with Crippen molar-refractivity contribution in [2.24, 2.45) is 5.41 Å². The summed E-state index contributed by atoms with van der Waals surface area (Å²) >= 11 is 0. The molecule has 2 rings (SSSR count). The van der Waals surface area contributed by atoms with E-state index in [4.69, 9.17) is 4.52 Å². The first-order chi connectivity index (χ1) is 7.94. The van der Waals surface area contributed by atoms with Crippen LogP contribution < -0.4 is 10.9 Å². The minimum atomic E-state index is -0.133. The molecule has 0 radical (unpaired) electrons. The summed E-state index contributed by atoms with van der Waals surface area (Å²) in [5, 5.41) is 5.93. The fourth-order valence-electron chi connectivity index (χ4n) is 2.66. The second-order valence-corrected chi connectivity index (χ2v) is 6.25. The van der Waals surface area contributed by atoms with Crippen LogP contribution in [0.15, 0.2) is 15.4 Å². The van der Waals surface area contributed by atoms with Crippen molar-refractivity contribution in [2.75, 3.05) is 6.54 Å². The molecule has 2 atom stereocenters. The van der Waals surface area contributed by atoms with Crippen molar-refractivity contribution in [3.63, 3.8) is 0 Å². The van der Waals surface area contributed by atoms with Crippen LogP contribution in [0.4, 0.5) is 0 Å². The highest BCUT2D eigenvalue weighted by atomic mass is 16.5. The van der Waals surface area contributed by atoms with Crippen molar-refractivity contribution in [3.8, 4) is 0 Å².